The highest BCUT2D eigenvalue weighted by Gasteiger charge is 2.30. The highest BCUT2D eigenvalue weighted by atomic mass is 19.4. The van der Waals surface area contributed by atoms with Crippen molar-refractivity contribution >= 4 is 11.8 Å². The summed E-state index contributed by atoms with van der Waals surface area (Å²) in [6.07, 6.45) is -4.35. The molecule has 2 amide bonds. The number of halogens is 3. The lowest BCUT2D eigenvalue weighted by molar-refractivity contribution is -0.885. The van der Waals surface area contributed by atoms with Gasteiger partial charge in [0.15, 0.2) is 6.54 Å². The Morgan fingerprint density at radius 3 is 2.26 bits per heavy atom. The normalized spacial score (nSPS) is 12.6. The van der Waals surface area contributed by atoms with Crippen molar-refractivity contribution in [3.63, 3.8) is 0 Å². The fourth-order valence-corrected chi connectivity index (χ4v) is 2.00. The van der Waals surface area contributed by atoms with E-state index >= 15 is 0 Å². The lowest BCUT2D eigenvalue weighted by Crippen LogP contribution is -3.08. The maximum atomic E-state index is 12.5. The first-order valence-corrected chi connectivity index (χ1v) is 7.05. The van der Waals surface area contributed by atoms with Crippen molar-refractivity contribution in [2.75, 3.05) is 34.2 Å². The van der Waals surface area contributed by atoms with Crippen molar-refractivity contribution in [1.82, 2.24) is 10.2 Å². The SMILES string of the molecule is CNC(=O)CN(C)C(=O)C[NH+](C)Cc1ccc(C(F)(F)F)cc1. The summed E-state index contributed by atoms with van der Waals surface area (Å²) in [6.45, 7) is 0.537. The Morgan fingerprint density at radius 2 is 1.78 bits per heavy atom. The first-order valence-electron chi connectivity index (χ1n) is 7.05. The number of rotatable bonds is 6. The molecule has 0 aliphatic rings. The summed E-state index contributed by atoms with van der Waals surface area (Å²) < 4.78 is 37.5. The summed E-state index contributed by atoms with van der Waals surface area (Å²) in [7, 11) is 4.79. The van der Waals surface area contributed by atoms with E-state index in [1.54, 1.807) is 7.05 Å². The van der Waals surface area contributed by atoms with Crippen LogP contribution in [-0.2, 0) is 22.3 Å². The number of benzene rings is 1. The van der Waals surface area contributed by atoms with E-state index < -0.39 is 11.7 Å². The fourth-order valence-electron chi connectivity index (χ4n) is 2.00. The Labute approximate surface area is 133 Å². The fraction of sp³-hybridized carbons (Fsp3) is 0.467. The average molecular weight is 332 g/mol. The van der Waals surface area contributed by atoms with Gasteiger partial charge in [-0.3, -0.25) is 9.59 Å². The molecule has 0 aromatic heterocycles. The monoisotopic (exact) mass is 332 g/mol. The second kappa shape index (κ2) is 7.96. The average Bonchev–Trinajstić information content (AvgIpc) is 2.46. The van der Waals surface area contributed by atoms with E-state index in [1.807, 2.05) is 0 Å². The number of hydrogen-bond donors (Lipinski definition) is 2. The Morgan fingerprint density at radius 1 is 1.22 bits per heavy atom. The molecule has 0 saturated carbocycles. The molecule has 1 rings (SSSR count). The summed E-state index contributed by atoms with van der Waals surface area (Å²) >= 11 is 0. The van der Waals surface area contributed by atoms with Crippen LogP contribution in [0.25, 0.3) is 0 Å². The van der Waals surface area contributed by atoms with Crippen LogP contribution >= 0.6 is 0 Å². The second-order valence-corrected chi connectivity index (χ2v) is 5.43. The van der Waals surface area contributed by atoms with Crippen LogP contribution in [0.15, 0.2) is 24.3 Å². The molecule has 1 atom stereocenters. The summed E-state index contributed by atoms with van der Waals surface area (Å²) in [5, 5.41) is 2.43. The first-order chi connectivity index (χ1) is 10.6. The molecule has 1 unspecified atom stereocenters. The number of nitrogens with zero attached hydrogens (tertiary/aromatic N) is 1. The molecule has 128 valence electrons. The molecule has 0 aliphatic heterocycles. The van der Waals surface area contributed by atoms with Gasteiger partial charge < -0.3 is 15.1 Å². The molecule has 0 fully saturated rings. The lowest BCUT2D eigenvalue weighted by atomic mass is 10.1. The third kappa shape index (κ3) is 6.27. The molecule has 5 nitrogen and oxygen atoms in total. The number of quaternary nitrogens is 1. The number of carbonyl (C=O) groups excluding carboxylic acids is 2. The molecule has 2 N–H and O–H groups in total. The number of amides is 2. The van der Waals surface area contributed by atoms with Gasteiger partial charge in [0, 0.05) is 19.7 Å². The lowest BCUT2D eigenvalue weighted by Gasteiger charge is -2.19. The van der Waals surface area contributed by atoms with Gasteiger partial charge in [0.2, 0.25) is 5.91 Å². The topological polar surface area (TPSA) is 53.9 Å². The summed E-state index contributed by atoms with van der Waals surface area (Å²) in [4.78, 5) is 25.3. The summed E-state index contributed by atoms with van der Waals surface area (Å²) in [5.74, 6) is -0.473. The predicted molar refractivity (Wildman–Crippen MR) is 78.6 cm³/mol. The molecular weight excluding hydrogens is 311 g/mol. The van der Waals surface area contributed by atoms with Crippen LogP contribution in [0.2, 0.25) is 0 Å². The highest BCUT2D eigenvalue weighted by Crippen LogP contribution is 2.28. The van der Waals surface area contributed by atoms with Gasteiger partial charge in [-0.2, -0.15) is 13.2 Å². The van der Waals surface area contributed by atoms with Crippen molar-refractivity contribution in [3.8, 4) is 0 Å². The van der Waals surface area contributed by atoms with E-state index in [9.17, 15) is 22.8 Å². The minimum absolute atomic E-state index is 0.0249. The molecule has 1 aromatic rings. The van der Waals surface area contributed by atoms with Crippen molar-refractivity contribution in [2.45, 2.75) is 12.7 Å². The van der Waals surface area contributed by atoms with Gasteiger partial charge in [0.25, 0.3) is 5.91 Å². The molecule has 0 heterocycles. The Hall–Kier alpha value is -2.09. The zero-order chi connectivity index (χ0) is 17.6. The molecule has 0 saturated heterocycles. The number of likely N-dealkylation sites (N-methyl/N-ethyl adjacent to an activating group) is 3. The third-order valence-corrected chi connectivity index (χ3v) is 3.33. The van der Waals surface area contributed by atoms with E-state index in [-0.39, 0.29) is 24.9 Å². The van der Waals surface area contributed by atoms with E-state index in [1.165, 1.54) is 31.1 Å². The molecule has 0 spiro atoms. The Balaban J connectivity index is 2.54. The van der Waals surface area contributed by atoms with Gasteiger partial charge in [-0.15, -0.1) is 0 Å². The van der Waals surface area contributed by atoms with Crippen LogP contribution in [-0.4, -0.2) is 50.9 Å². The molecule has 0 aliphatic carbocycles. The predicted octanol–water partition coefficient (Wildman–Crippen LogP) is -0.0755. The van der Waals surface area contributed by atoms with Crippen LogP contribution in [0, 0.1) is 0 Å². The van der Waals surface area contributed by atoms with Crippen molar-refractivity contribution in [2.24, 2.45) is 0 Å². The van der Waals surface area contributed by atoms with Crippen molar-refractivity contribution < 1.29 is 27.7 Å². The van der Waals surface area contributed by atoms with Crippen LogP contribution in [0.3, 0.4) is 0 Å². The van der Waals surface area contributed by atoms with Crippen LogP contribution in [0.5, 0.6) is 0 Å². The standard InChI is InChI=1S/C15H20F3N3O2/c1-19-13(22)9-21(3)14(23)10-20(2)8-11-4-6-12(7-5-11)15(16,17)18/h4-7H,8-10H2,1-3H3,(H,19,22)/p+1. The number of carbonyl (C=O) groups is 2. The van der Waals surface area contributed by atoms with Crippen LogP contribution in [0.4, 0.5) is 13.2 Å². The van der Waals surface area contributed by atoms with Gasteiger partial charge in [-0.1, -0.05) is 12.1 Å². The summed E-state index contributed by atoms with van der Waals surface area (Å²) in [5.41, 5.74) is 0.0116. The molecule has 0 bridgehead atoms. The number of hydrogen-bond acceptors (Lipinski definition) is 2. The van der Waals surface area contributed by atoms with Crippen LogP contribution in [0.1, 0.15) is 11.1 Å². The largest absolute Gasteiger partial charge is 0.416 e. The van der Waals surface area contributed by atoms with E-state index in [0.29, 0.717) is 12.1 Å². The molecule has 8 heteroatoms. The zero-order valence-electron chi connectivity index (χ0n) is 13.3. The molecule has 0 radical (unpaired) electrons. The highest BCUT2D eigenvalue weighted by molar-refractivity contribution is 5.84. The van der Waals surface area contributed by atoms with Crippen LogP contribution < -0.4 is 10.2 Å². The minimum Gasteiger partial charge on any atom is -0.358 e. The van der Waals surface area contributed by atoms with E-state index in [4.69, 9.17) is 0 Å². The molecule has 1 aromatic carbocycles. The quantitative estimate of drug-likeness (QED) is 0.766. The number of nitrogens with one attached hydrogen (secondary N) is 2. The summed E-state index contributed by atoms with van der Waals surface area (Å²) in [6, 6.07) is 4.88. The number of alkyl halides is 3. The van der Waals surface area contributed by atoms with Gasteiger partial charge in [-0.05, 0) is 12.1 Å². The van der Waals surface area contributed by atoms with E-state index in [0.717, 1.165) is 17.0 Å². The van der Waals surface area contributed by atoms with Gasteiger partial charge >= 0.3 is 6.18 Å². The second-order valence-electron chi connectivity index (χ2n) is 5.43. The van der Waals surface area contributed by atoms with Crippen molar-refractivity contribution in [1.29, 1.82) is 0 Å². The van der Waals surface area contributed by atoms with E-state index in [2.05, 4.69) is 5.32 Å². The zero-order valence-corrected chi connectivity index (χ0v) is 13.3. The minimum atomic E-state index is -4.35. The van der Waals surface area contributed by atoms with Crippen molar-refractivity contribution in [3.05, 3.63) is 35.4 Å². The molecule has 23 heavy (non-hydrogen) atoms. The third-order valence-electron chi connectivity index (χ3n) is 3.33. The maximum absolute atomic E-state index is 12.5. The Bertz CT molecular complexity index is 544. The van der Waals surface area contributed by atoms with Gasteiger partial charge in [-0.25, -0.2) is 0 Å². The smallest absolute Gasteiger partial charge is 0.358 e. The molecular formula is C15H21F3N3O2+. The Kier molecular flexibility index (Phi) is 6.56. The van der Waals surface area contributed by atoms with Gasteiger partial charge in [0.1, 0.15) is 6.54 Å². The first kappa shape index (κ1) is 19.0. The van der Waals surface area contributed by atoms with Gasteiger partial charge in [0.05, 0.1) is 19.2 Å². The maximum Gasteiger partial charge on any atom is 0.416 e.